The van der Waals surface area contributed by atoms with Gasteiger partial charge in [0, 0.05) is 19.1 Å². The number of nitrogens with zero attached hydrogens (tertiary/aromatic N) is 3. The molecule has 1 unspecified atom stereocenters. The van der Waals surface area contributed by atoms with Crippen LogP contribution in [0.4, 0.5) is 5.13 Å². The van der Waals surface area contributed by atoms with Gasteiger partial charge in [0.25, 0.3) is 0 Å². The Bertz CT molecular complexity index is 660. The first kappa shape index (κ1) is 19.6. The van der Waals surface area contributed by atoms with Gasteiger partial charge in [-0.05, 0) is 50.6 Å². The molecular formula is C17H25Cl2N3OS. The first-order valence-corrected chi connectivity index (χ1v) is 9.09. The second-order valence-corrected chi connectivity index (χ2v) is 7.32. The van der Waals surface area contributed by atoms with E-state index in [0.29, 0.717) is 0 Å². The molecular weight excluding hydrogens is 365 g/mol. The van der Waals surface area contributed by atoms with Crippen molar-refractivity contribution in [3.05, 3.63) is 18.2 Å². The number of methoxy groups -OCH3 is 1. The lowest BCUT2D eigenvalue weighted by Crippen LogP contribution is -2.40. The Morgan fingerprint density at radius 1 is 1.12 bits per heavy atom. The number of hydrogen-bond acceptors (Lipinski definition) is 5. The summed E-state index contributed by atoms with van der Waals surface area (Å²) in [7, 11) is 1.72. The van der Waals surface area contributed by atoms with Gasteiger partial charge in [0.2, 0.25) is 0 Å². The van der Waals surface area contributed by atoms with Crippen LogP contribution in [0.15, 0.2) is 18.2 Å². The fraction of sp³-hybridized carbons (Fsp3) is 0.588. The largest absolute Gasteiger partial charge is 0.497 e. The molecule has 4 nitrogen and oxygen atoms in total. The van der Waals surface area contributed by atoms with Gasteiger partial charge < -0.3 is 9.64 Å². The number of likely N-dealkylation sites (tertiary alicyclic amines) is 1. The summed E-state index contributed by atoms with van der Waals surface area (Å²) in [6, 6.07) is 6.87. The number of benzene rings is 1. The molecule has 2 aromatic rings. The van der Waals surface area contributed by atoms with Crippen LogP contribution >= 0.6 is 36.2 Å². The van der Waals surface area contributed by atoms with Crippen molar-refractivity contribution in [2.75, 3.05) is 38.2 Å². The highest BCUT2D eigenvalue weighted by Gasteiger charge is 2.29. The number of ether oxygens (including phenoxy) is 1. The summed E-state index contributed by atoms with van der Waals surface area (Å²) in [5.41, 5.74) is 1.09. The van der Waals surface area contributed by atoms with Crippen molar-refractivity contribution in [3.63, 3.8) is 0 Å². The van der Waals surface area contributed by atoms with Gasteiger partial charge in [0.15, 0.2) is 5.13 Å². The third kappa shape index (κ3) is 3.90. The molecule has 0 N–H and O–H groups in total. The molecule has 7 heteroatoms. The molecule has 2 aliphatic heterocycles. The van der Waals surface area contributed by atoms with Crippen LogP contribution in [0.1, 0.15) is 25.7 Å². The summed E-state index contributed by atoms with van der Waals surface area (Å²) >= 11 is 1.79. The topological polar surface area (TPSA) is 28.6 Å². The molecule has 1 aromatic carbocycles. The Kier molecular flexibility index (Phi) is 6.99. The molecule has 1 aromatic heterocycles. The summed E-state index contributed by atoms with van der Waals surface area (Å²) in [5.74, 6) is 0.912. The Morgan fingerprint density at radius 2 is 1.92 bits per heavy atom. The van der Waals surface area contributed by atoms with Crippen molar-refractivity contribution in [2.24, 2.45) is 0 Å². The summed E-state index contributed by atoms with van der Waals surface area (Å²) in [6.45, 7) is 4.85. The van der Waals surface area contributed by atoms with Crippen LogP contribution in [-0.4, -0.2) is 49.2 Å². The van der Waals surface area contributed by atoms with Crippen LogP contribution in [0.2, 0.25) is 0 Å². The lowest BCUT2D eigenvalue weighted by atomic mass is 10.1. The summed E-state index contributed by atoms with van der Waals surface area (Å²) in [5, 5.41) is 1.17. The second-order valence-electron chi connectivity index (χ2n) is 6.32. The minimum Gasteiger partial charge on any atom is -0.497 e. The van der Waals surface area contributed by atoms with Gasteiger partial charge in [-0.2, -0.15) is 0 Å². The lowest BCUT2D eigenvalue weighted by molar-refractivity contribution is 0.175. The number of halogens is 2. The molecule has 4 rings (SSSR count). The average molecular weight is 390 g/mol. The van der Waals surface area contributed by atoms with Gasteiger partial charge in [-0.3, -0.25) is 4.90 Å². The van der Waals surface area contributed by atoms with E-state index >= 15 is 0 Å². The van der Waals surface area contributed by atoms with Crippen LogP contribution in [0.5, 0.6) is 5.75 Å². The predicted octanol–water partition coefficient (Wildman–Crippen LogP) is 4.21. The first-order chi connectivity index (χ1) is 10.8. The third-order valence-corrected chi connectivity index (χ3v) is 6.00. The van der Waals surface area contributed by atoms with Crippen molar-refractivity contribution in [2.45, 2.75) is 31.7 Å². The molecule has 2 fully saturated rings. The van der Waals surface area contributed by atoms with Gasteiger partial charge in [-0.25, -0.2) is 4.98 Å². The second kappa shape index (κ2) is 8.56. The molecule has 3 heterocycles. The Balaban J connectivity index is 0.00000104. The van der Waals surface area contributed by atoms with Gasteiger partial charge in [-0.15, -0.1) is 24.8 Å². The molecule has 0 spiro atoms. The molecule has 1 atom stereocenters. The van der Waals surface area contributed by atoms with Crippen LogP contribution < -0.4 is 9.64 Å². The lowest BCUT2D eigenvalue weighted by Gasteiger charge is -2.32. The van der Waals surface area contributed by atoms with E-state index in [1.165, 1.54) is 48.6 Å². The van der Waals surface area contributed by atoms with E-state index in [4.69, 9.17) is 9.72 Å². The van der Waals surface area contributed by atoms with Crippen molar-refractivity contribution >= 4 is 51.5 Å². The zero-order valence-corrected chi connectivity index (χ0v) is 16.4. The van der Waals surface area contributed by atoms with Crippen LogP contribution in [0.25, 0.3) is 10.2 Å². The van der Waals surface area contributed by atoms with Crippen LogP contribution in [-0.2, 0) is 0 Å². The average Bonchev–Trinajstić information content (AvgIpc) is 3.21. The molecule has 2 saturated heterocycles. The van der Waals surface area contributed by atoms with Gasteiger partial charge in [0.05, 0.1) is 17.3 Å². The molecule has 0 aliphatic carbocycles. The Hall–Kier alpha value is -0.750. The molecule has 0 saturated carbocycles. The molecule has 2 aliphatic rings. The van der Waals surface area contributed by atoms with E-state index < -0.39 is 0 Å². The molecule has 24 heavy (non-hydrogen) atoms. The van der Waals surface area contributed by atoms with Gasteiger partial charge >= 0.3 is 0 Å². The summed E-state index contributed by atoms with van der Waals surface area (Å²) in [6.07, 6.45) is 5.43. The van der Waals surface area contributed by atoms with Crippen LogP contribution in [0.3, 0.4) is 0 Å². The molecule has 0 radical (unpaired) electrons. The molecule has 0 bridgehead atoms. The zero-order chi connectivity index (χ0) is 14.9. The van der Waals surface area contributed by atoms with E-state index in [9.17, 15) is 0 Å². The van der Waals surface area contributed by atoms with E-state index in [-0.39, 0.29) is 24.8 Å². The molecule has 134 valence electrons. The third-order valence-electron chi connectivity index (χ3n) is 4.93. The van der Waals surface area contributed by atoms with E-state index in [1.54, 1.807) is 18.4 Å². The highest BCUT2D eigenvalue weighted by molar-refractivity contribution is 7.22. The fourth-order valence-corrected chi connectivity index (χ4v) is 4.68. The standard InChI is InChI=1S/C17H23N3OS.2ClH/c1-21-14-5-6-15-16(11-14)22-17(18-15)20-10-7-13(12-20)19-8-3-2-4-9-19;;/h5-6,11,13H,2-4,7-10,12H2,1H3;2*1H. The SMILES string of the molecule is COc1ccc2nc(N3CCC(N4CCCCC4)C3)sc2c1.Cl.Cl. The highest BCUT2D eigenvalue weighted by Crippen LogP contribution is 2.33. The number of piperidine rings is 1. The quantitative estimate of drug-likeness (QED) is 0.785. The number of hydrogen-bond donors (Lipinski definition) is 0. The van der Waals surface area contributed by atoms with Gasteiger partial charge in [-0.1, -0.05) is 17.8 Å². The van der Waals surface area contributed by atoms with Crippen molar-refractivity contribution in [3.8, 4) is 5.75 Å². The number of anilines is 1. The summed E-state index contributed by atoms with van der Waals surface area (Å²) in [4.78, 5) is 9.98. The normalized spacial score (nSPS) is 21.4. The predicted molar refractivity (Wildman–Crippen MR) is 107 cm³/mol. The number of thiazole rings is 1. The van der Waals surface area contributed by atoms with Gasteiger partial charge in [0.1, 0.15) is 5.75 Å². The zero-order valence-electron chi connectivity index (χ0n) is 13.9. The van der Waals surface area contributed by atoms with Crippen molar-refractivity contribution < 1.29 is 4.74 Å². The van der Waals surface area contributed by atoms with E-state index in [0.717, 1.165) is 30.4 Å². The molecule has 0 amide bonds. The number of aromatic nitrogens is 1. The monoisotopic (exact) mass is 389 g/mol. The van der Waals surface area contributed by atoms with Crippen LogP contribution in [0, 0.1) is 0 Å². The smallest absolute Gasteiger partial charge is 0.186 e. The van der Waals surface area contributed by atoms with Crippen molar-refractivity contribution in [1.82, 2.24) is 9.88 Å². The minimum absolute atomic E-state index is 0. The van der Waals surface area contributed by atoms with Crippen molar-refractivity contribution in [1.29, 1.82) is 0 Å². The Labute approximate surface area is 160 Å². The maximum atomic E-state index is 5.31. The first-order valence-electron chi connectivity index (χ1n) is 8.27. The summed E-state index contributed by atoms with van der Waals surface area (Å²) < 4.78 is 6.53. The van der Waals surface area contributed by atoms with E-state index in [1.807, 2.05) is 6.07 Å². The maximum Gasteiger partial charge on any atom is 0.186 e. The minimum atomic E-state index is 0. The van der Waals surface area contributed by atoms with E-state index in [2.05, 4.69) is 21.9 Å². The number of rotatable bonds is 3. The number of fused-ring (bicyclic) bond motifs is 1. The maximum absolute atomic E-state index is 5.31. The highest BCUT2D eigenvalue weighted by atomic mass is 35.5. The Morgan fingerprint density at radius 3 is 2.67 bits per heavy atom. The fourth-order valence-electron chi connectivity index (χ4n) is 3.65.